The largest absolute Gasteiger partial charge is 0.497 e. The summed E-state index contributed by atoms with van der Waals surface area (Å²) >= 11 is 0. The number of allylic oxidation sites excluding steroid dienone is 2. The maximum absolute atomic E-state index is 11.1. The minimum absolute atomic E-state index is 0.0944. The van der Waals surface area contributed by atoms with E-state index in [-0.39, 0.29) is 17.4 Å². The van der Waals surface area contributed by atoms with Crippen LogP contribution in [0.4, 0.5) is 0 Å². The van der Waals surface area contributed by atoms with Gasteiger partial charge in [-0.05, 0) is 17.7 Å². The molecule has 120 valence electrons. The van der Waals surface area contributed by atoms with Crippen molar-refractivity contribution in [2.24, 2.45) is 5.41 Å². The Morgan fingerprint density at radius 1 is 1.18 bits per heavy atom. The fourth-order valence-electron chi connectivity index (χ4n) is 2.27. The molecule has 0 saturated heterocycles. The highest BCUT2D eigenvalue weighted by Gasteiger charge is 2.28. The topological polar surface area (TPSA) is 47.6 Å². The number of carbonyl (C=O) groups is 1. The summed E-state index contributed by atoms with van der Waals surface area (Å²) in [7, 11) is 4.95. The predicted octanol–water partition coefficient (Wildman–Crippen LogP) is 3.27. The Labute approximate surface area is 132 Å². The second-order valence-electron chi connectivity index (χ2n) is 5.54. The zero-order valence-electron chi connectivity index (χ0n) is 13.9. The minimum Gasteiger partial charge on any atom is -0.497 e. The van der Waals surface area contributed by atoms with Gasteiger partial charge in [-0.25, -0.2) is 0 Å². The summed E-state index contributed by atoms with van der Waals surface area (Å²) < 4.78 is 10.9. The van der Waals surface area contributed by atoms with Gasteiger partial charge in [-0.3, -0.25) is 4.79 Å². The maximum Gasteiger partial charge on any atom is 0.243 e. The first-order chi connectivity index (χ1) is 10.4. The molecule has 0 aliphatic carbocycles. The number of nitrogens with one attached hydrogen (secondary N) is 1. The standard InChI is InChI=1S/C18H25NO3/c1-18(2,13-7-6-8-16(20)19-3)17(22-5)14-9-11-15(21-4)12-10-14/h6-13,17H,1-5H3,(H,19,20)/b8-6+,13-7+. The lowest BCUT2D eigenvalue weighted by Gasteiger charge is -2.31. The molecule has 1 atom stereocenters. The van der Waals surface area contributed by atoms with Crippen LogP contribution in [-0.2, 0) is 9.53 Å². The number of likely N-dealkylation sites (N-methyl/N-ethyl adjacent to an activating group) is 1. The molecule has 1 aromatic carbocycles. The van der Waals surface area contributed by atoms with Crippen LogP contribution in [0.1, 0.15) is 25.5 Å². The number of carbonyl (C=O) groups excluding carboxylic acids is 1. The molecule has 1 unspecified atom stereocenters. The summed E-state index contributed by atoms with van der Waals surface area (Å²) in [5.41, 5.74) is 0.851. The molecule has 4 nitrogen and oxygen atoms in total. The van der Waals surface area contributed by atoms with E-state index in [4.69, 9.17) is 9.47 Å². The van der Waals surface area contributed by atoms with Crippen LogP contribution in [0, 0.1) is 5.41 Å². The van der Waals surface area contributed by atoms with Crippen molar-refractivity contribution in [3.63, 3.8) is 0 Å². The molecule has 1 amide bonds. The average Bonchev–Trinajstić information content (AvgIpc) is 2.52. The number of benzene rings is 1. The molecular weight excluding hydrogens is 278 g/mol. The number of methoxy groups -OCH3 is 2. The van der Waals surface area contributed by atoms with E-state index in [1.807, 2.05) is 36.4 Å². The highest BCUT2D eigenvalue weighted by Crippen LogP contribution is 2.37. The van der Waals surface area contributed by atoms with Gasteiger partial charge in [0.1, 0.15) is 5.75 Å². The first-order valence-electron chi connectivity index (χ1n) is 7.19. The van der Waals surface area contributed by atoms with Gasteiger partial charge in [0.2, 0.25) is 5.91 Å². The van der Waals surface area contributed by atoms with Crippen LogP contribution in [0.3, 0.4) is 0 Å². The number of ether oxygens (including phenoxy) is 2. The number of hydrogen-bond donors (Lipinski definition) is 1. The van der Waals surface area contributed by atoms with E-state index in [9.17, 15) is 4.79 Å². The van der Waals surface area contributed by atoms with E-state index in [2.05, 4.69) is 19.2 Å². The maximum atomic E-state index is 11.1. The Morgan fingerprint density at radius 2 is 1.82 bits per heavy atom. The van der Waals surface area contributed by atoms with Gasteiger partial charge in [0.25, 0.3) is 0 Å². The average molecular weight is 303 g/mol. The van der Waals surface area contributed by atoms with Gasteiger partial charge < -0.3 is 14.8 Å². The predicted molar refractivity (Wildman–Crippen MR) is 88.9 cm³/mol. The van der Waals surface area contributed by atoms with Crippen LogP contribution in [0.25, 0.3) is 0 Å². The molecule has 0 radical (unpaired) electrons. The summed E-state index contributed by atoms with van der Waals surface area (Å²) in [6, 6.07) is 7.85. The SMILES string of the molecule is CNC(=O)/C=C/C=C/C(C)(C)C(OC)c1ccc(OC)cc1. The fraction of sp³-hybridized carbons (Fsp3) is 0.389. The van der Waals surface area contributed by atoms with E-state index in [0.29, 0.717) is 0 Å². The van der Waals surface area contributed by atoms with Gasteiger partial charge in [-0.2, -0.15) is 0 Å². The van der Waals surface area contributed by atoms with Crippen LogP contribution in [-0.4, -0.2) is 27.2 Å². The van der Waals surface area contributed by atoms with Gasteiger partial charge in [-0.15, -0.1) is 0 Å². The van der Waals surface area contributed by atoms with E-state index >= 15 is 0 Å². The second-order valence-corrected chi connectivity index (χ2v) is 5.54. The summed E-state index contributed by atoms with van der Waals surface area (Å²) in [6.07, 6.45) is 7.02. The van der Waals surface area contributed by atoms with Crippen LogP contribution >= 0.6 is 0 Å². The lowest BCUT2D eigenvalue weighted by atomic mass is 9.82. The summed E-state index contributed by atoms with van der Waals surface area (Å²) in [4.78, 5) is 11.1. The monoisotopic (exact) mass is 303 g/mol. The third-order valence-corrected chi connectivity index (χ3v) is 3.46. The van der Waals surface area contributed by atoms with Crippen LogP contribution < -0.4 is 10.1 Å². The molecular formula is C18H25NO3. The zero-order chi connectivity index (χ0) is 16.6. The summed E-state index contributed by atoms with van der Waals surface area (Å²) in [6.45, 7) is 4.19. The van der Waals surface area contributed by atoms with Crippen molar-refractivity contribution in [3.8, 4) is 5.75 Å². The Kier molecular flexibility index (Phi) is 6.86. The molecule has 1 N–H and O–H groups in total. The van der Waals surface area contributed by atoms with E-state index in [1.165, 1.54) is 6.08 Å². The molecule has 0 aliphatic heterocycles. The minimum atomic E-state index is -0.226. The third kappa shape index (κ3) is 5.04. The highest BCUT2D eigenvalue weighted by atomic mass is 16.5. The van der Waals surface area contributed by atoms with Gasteiger partial charge in [0.15, 0.2) is 0 Å². The van der Waals surface area contributed by atoms with Crippen molar-refractivity contribution in [1.82, 2.24) is 5.32 Å². The van der Waals surface area contributed by atoms with Crippen LogP contribution in [0.15, 0.2) is 48.6 Å². The van der Waals surface area contributed by atoms with E-state index < -0.39 is 0 Å². The molecule has 1 aromatic rings. The van der Waals surface area contributed by atoms with Crippen molar-refractivity contribution < 1.29 is 14.3 Å². The molecule has 0 aliphatic rings. The van der Waals surface area contributed by atoms with Gasteiger partial charge in [-0.1, -0.05) is 44.2 Å². The molecule has 0 bridgehead atoms. The Morgan fingerprint density at radius 3 is 2.32 bits per heavy atom. The van der Waals surface area contributed by atoms with Crippen molar-refractivity contribution in [1.29, 1.82) is 0 Å². The number of hydrogen-bond acceptors (Lipinski definition) is 3. The third-order valence-electron chi connectivity index (χ3n) is 3.46. The molecule has 0 heterocycles. The van der Waals surface area contributed by atoms with Gasteiger partial charge in [0, 0.05) is 25.6 Å². The van der Waals surface area contributed by atoms with E-state index in [0.717, 1.165) is 11.3 Å². The fourth-order valence-corrected chi connectivity index (χ4v) is 2.27. The van der Waals surface area contributed by atoms with Gasteiger partial charge in [0.05, 0.1) is 13.2 Å². The van der Waals surface area contributed by atoms with Crippen molar-refractivity contribution in [2.75, 3.05) is 21.3 Å². The summed E-state index contributed by atoms with van der Waals surface area (Å²) in [5.74, 6) is 0.696. The Hall–Kier alpha value is -2.07. The number of amides is 1. The smallest absolute Gasteiger partial charge is 0.243 e. The van der Waals surface area contributed by atoms with Crippen LogP contribution in [0.2, 0.25) is 0 Å². The van der Waals surface area contributed by atoms with Crippen LogP contribution in [0.5, 0.6) is 5.75 Å². The first kappa shape index (κ1) is 18.0. The normalized spacial score (nSPS) is 13.5. The second kappa shape index (κ2) is 8.39. The molecule has 22 heavy (non-hydrogen) atoms. The molecule has 0 fully saturated rings. The molecule has 4 heteroatoms. The quantitative estimate of drug-likeness (QED) is 0.621. The zero-order valence-corrected chi connectivity index (χ0v) is 13.9. The van der Waals surface area contributed by atoms with Crippen molar-refractivity contribution >= 4 is 5.91 Å². The van der Waals surface area contributed by atoms with Gasteiger partial charge >= 0.3 is 0 Å². The molecule has 0 spiro atoms. The lowest BCUT2D eigenvalue weighted by Crippen LogP contribution is -2.21. The highest BCUT2D eigenvalue weighted by molar-refractivity contribution is 5.87. The lowest BCUT2D eigenvalue weighted by molar-refractivity contribution is -0.116. The molecule has 1 rings (SSSR count). The van der Waals surface area contributed by atoms with Crippen molar-refractivity contribution in [2.45, 2.75) is 20.0 Å². The summed E-state index contributed by atoms with van der Waals surface area (Å²) in [5, 5.41) is 2.54. The van der Waals surface area contributed by atoms with Crippen molar-refractivity contribution in [3.05, 3.63) is 54.1 Å². The Balaban J connectivity index is 2.88. The number of rotatable bonds is 7. The Bertz CT molecular complexity index is 530. The molecule has 0 saturated carbocycles. The first-order valence-corrected chi connectivity index (χ1v) is 7.19. The van der Waals surface area contributed by atoms with E-state index in [1.54, 1.807) is 27.3 Å². The molecule has 0 aromatic heterocycles.